The van der Waals surface area contributed by atoms with Crippen molar-refractivity contribution < 1.29 is 4.79 Å². The Bertz CT molecular complexity index is 1040. The number of hydrogen-bond acceptors (Lipinski definition) is 3. The highest BCUT2D eigenvalue weighted by Gasteiger charge is 2.09. The Hall–Kier alpha value is -3.12. The number of rotatable bonds is 4. The van der Waals surface area contributed by atoms with Gasteiger partial charge in [0.1, 0.15) is 0 Å². The lowest BCUT2D eigenvalue weighted by Crippen LogP contribution is -2.20. The number of hydrogen-bond donors (Lipinski definition) is 2. The number of nitrogens with one attached hydrogen (secondary N) is 2. The Morgan fingerprint density at radius 2 is 2.04 bits per heavy atom. The largest absolute Gasteiger partial charge is 0.323 e. The van der Waals surface area contributed by atoms with Gasteiger partial charge in [0.15, 0.2) is 4.96 Å². The summed E-state index contributed by atoms with van der Waals surface area (Å²) in [5, 5.41) is 7.82. The average Bonchev–Trinajstić information content (AvgIpc) is 3.24. The first-order chi connectivity index (χ1) is 12.7. The maximum Gasteiger partial charge on any atom is 0.323 e. The van der Waals surface area contributed by atoms with E-state index in [9.17, 15) is 4.79 Å². The molecular weight excluding hydrogens is 344 g/mol. The number of para-hydroxylation sites is 1. The number of carbonyl (C=O) groups is 1. The minimum Gasteiger partial charge on any atom is -0.308 e. The lowest BCUT2D eigenvalue weighted by atomic mass is 10.1. The van der Waals surface area contributed by atoms with Crippen LogP contribution in [0.25, 0.3) is 16.2 Å². The van der Waals surface area contributed by atoms with Gasteiger partial charge in [-0.3, -0.25) is 4.40 Å². The first kappa shape index (κ1) is 16.4. The second kappa shape index (κ2) is 7.01. The van der Waals surface area contributed by atoms with E-state index in [2.05, 4.69) is 22.5 Å². The molecule has 0 fully saturated rings. The van der Waals surface area contributed by atoms with Crippen LogP contribution in [0.15, 0.2) is 66.3 Å². The van der Waals surface area contributed by atoms with E-state index in [0.29, 0.717) is 0 Å². The number of anilines is 2. The van der Waals surface area contributed by atoms with Crippen molar-refractivity contribution in [2.24, 2.45) is 0 Å². The molecule has 26 heavy (non-hydrogen) atoms. The van der Waals surface area contributed by atoms with Crippen LogP contribution in [0.4, 0.5) is 16.2 Å². The predicted molar refractivity (Wildman–Crippen MR) is 107 cm³/mol. The van der Waals surface area contributed by atoms with Crippen molar-refractivity contribution in [3.05, 3.63) is 71.9 Å². The van der Waals surface area contributed by atoms with Gasteiger partial charge in [0.2, 0.25) is 0 Å². The smallest absolute Gasteiger partial charge is 0.308 e. The number of fused-ring (bicyclic) bond motifs is 1. The third kappa shape index (κ3) is 3.32. The Labute approximate surface area is 155 Å². The third-order valence-electron chi connectivity index (χ3n) is 4.16. The van der Waals surface area contributed by atoms with Gasteiger partial charge in [0.05, 0.1) is 5.69 Å². The van der Waals surface area contributed by atoms with Crippen LogP contribution >= 0.6 is 11.3 Å². The van der Waals surface area contributed by atoms with Gasteiger partial charge in [-0.05, 0) is 30.2 Å². The van der Waals surface area contributed by atoms with E-state index in [-0.39, 0.29) is 6.03 Å². The SMILES string of the molecule is CCc1ccccc1NC(=O)Nc1cccc(-c2cn3ccsc3n2)c1. The highest BCUT2D eigenvalue weighted by molar-refractivity contribution is 7.15. The van der Waals surface area contributed by atoms with E-state index in [0.717, 1.165) is 39.6 Å². The normalized spacial score (nSPS) is 10.8. The van der Waals surface area contributed by atoms with Crippen molar-refractivity contribution in [3.8, 4) is 11.3 Å². The average molecular weight is 362 g/mol. The number of carbonyl (C=O) groups excluding carboxylic acids is 1. The summed E-state index contributed by atoms with van der Waals surface area (Å²) in [6, 6.07) is 15.3. The molecule has 0 spiro atoms. The molecule has 130 valence electrons. The van der Waals surface area contributed by atoms with Crippen molar-refractivity contribution in [1.29, 1.82) is 0 Å². The van der Waals surface area contributed by atoms with Crippen molar-refractivity contribution in [2.45, 2.75) is 13.3 Å². The molecule has 4 rings (SSSR count). The lowest BCUT2D eigenvalue weighted by molar-refractivity contribution is 0.262. The molecule has 2 amide bonds. The van der Waals surface area contributed by atoms with Crippen molar-refractivity contribution in [1.82, 2.24) is 9.38 Å². The molecule has 0 atom stereocenters. The fourth-order valence-electron chi connectivity index (χ4n) is 2.86. The summed E-state index contributed by atoms with van der Waals surface area (Å²) in [7, 11) is 0. The van der Waals surface area contributed by atoms with Gasteiger partial charge in [-0.1, -0.05) is 37.3 Å². The highest BCUT2D eigenvalue weighted by atomic mass is 32.1. The van der Waals surface area contributed by atoms with E-state index in [1.807, 2.05) is 70.7 Å². The van der Waals surface area contributed by atoms with Crippen LogP contribution in [0.1, 0.15) is 12.5 Å². The Kier molecular flexibility index (Phi) is 4.41. The van der Waals surface area contributed by atoms with Crippen molar-refractivity contribution in [3.63, 3.8) is 0 Å². The van der Waals surface area contributed by atoms with Gasteiger partial charge in [0, 0.05) is 34.7 Å². The molecule has 2 N–H and O–H groups in total. The summed E-state index contributed by atoms with van der Waals surface area (Å²) in [4.78, 5) is 17.9. The Morgan fingerprint density at radius 3 is 2.88 bits per heavy atom. The molecule has 0 aliphatic carbocycles. The third-order valence-corrected chi connectivity index (χ3v) is 4.93. The van der Waals surface area contributed by atoms with Crippen LogP contribution in [-0.4, -0.2) is 15.4 Å². The monoisotopic (exact) mass is 362 g/mol. The summed E-state index contributed by atoms with van der Waals surface area (Å²) < 4.78 is 1.99. The topological polar surface area (TPSA) is 58.4 Å². The number of benzene rings is 2. The molecule has 2 heterocycles. The summed E-state index contributed by atoms with van der Waals surface area (Å²) in [5.74, 6) is 0. The summed E-state index contributed by atoms with van der Waals surface area (Å²) >= 11 is 1.59. The van der Waals surface area contributed by atoms with E-state index < -0.39 is 0 Å². The molecule has 6 heteroatoms. The number of imidazole rings is 1. The molecule has 0 aliphatic rings. The van der Waals surface area contributed by atoms with Gasteiger partial charge < -0.3 is 10.6 Å². The van der Waals surface area contributed by atoms with Crippen LogP contribution < -0.4 is 10.6 Å². The number of urea groups is 1. The second-order valence-corrected chi connectivity index (χ2v) is 6.76. The number of aryl methyl sites for hydroxylation is 1. The summed E-state index contributed by atoms with van der Waals surface area (Å²) in [6.07, 6.45) is 4.84. The van der Waals surface area contributed by atoms with Crippen LogP contribution in [0.3, 0.4) is 0 Å². The molecular formula is C20H18N4OS. The number of aromatic nitrogens is 2. The maximum absolute atomic E-state index is 12.4. The zero-order valence-electron chi connectivity index (χ0n) is 14.3. The predicted octanol–water partition coefficient (Wildman–Crippen LogP) is 5.27. The molecule has 0 saturated carbocycles. The van der Waals surface area contributed by atoms with Crippen LogP contribution in [0.2, 0.25) is 0 Å². The van der Waals surface area contributed by atoms with Gasteiger partial charge in [0.25, 0.3) is 0 Å². The number of thiazole rings is 1. The summed E-state index contributed by atoms with van der Waals surface area (Å²) in [5.41, 5.74) is 4.52. The Balaban J connectivity index is 1.51. The van der Waals surface area contributed by atoms with Gasteiger partial charge in [-0.2, -0.15) is 0 Å². The van der Waals surface area contributed by atoms with Crippen molar-refractivity contribution >= 4 is 33.7 Å². The molecule has 5 nitrogen and oxygen atoms in total. The van der Waals surface area contributed by atoms with Crippen LogP contribution in [-0.2, 0) is 6.42 Å². The van der Waals surface area contributed by atoms with Gasteiger partial charge >= 0.3 is 6.03 Å². The van der Waals surface area contributed by atoms with E-state index >= 15 is 0 Å². The lowest BCUT2D eigenvalue weighted by Gasteiger charge is -2.11. The minimum absolute atomic E-state index is 0.256. The van der Waals surface area contributed by atoms with Crippen LogP contribution in [0.5, 0.6) is 0 Å². The molecule has 0 aliphatic heterocycles. The molecule has 0 radical (unpaired) electrons. The van der Waals surface area contributed by atoms with E-state index in [1.54, 1.807) is 11.3 Å². The van der Waals surface area contributed by atoms with E-state index in [4.69, 9.17) is 0 Å². The summed E-state index contributed by atoms with van der Waals surface area (Å²) in [6.45, 7) is 2.07. The zero-order chi connectivity index (χ0) is 17.9. The standard InChI is InChI=1S/C20H18N4OS/c1-2-14-6-3-4-9-17(14)22-19(25)21-16-8-5-7-15(12-16)18-13-24-10-11-26-20(24)23-18/h3-13H,2H2,1H3,(H2,21,22,25). The molecule has 0 saturated heterocycles. The number of amides is 2. The van der Waals surface area contributed by atoms with Crippen molar-refractivity contribution in [2.75, 3.05) is 10.6 Å². The molecule has 2 aromatic carbocycles. The zero-order valence-corrected chi connectivity index (χ0v) is 15.1. The van der Waals surface area contributed by atoms with Gasteiger partial charge in [-0.25, -0.2) is 9.78 Å². The fraction of sp³-hybridized carbons (Fsp3) is 0.100. The fourth-order valence-corrected chi connectivity index (χ4v) is 3.56. The minimum atomic E-state index is -0.256. The quantitative estimate of drug-likeness (QED) is 0.520. The molecule has 2 aromatic heterocycles. The molecule has 0 bridgehead atoms. The highest BCUT2D eigenvalue weighted by Crippen LogP contribution is 2.24. The van der Waals surface area contributed by atoms with Gasteiger partial charge in [-0.15, -0.1) is 11.3 Å². The first-order valence-electron chi connectivity index (χ1n) is 8.41. The van der Waals surface area contributed by atoms with E-state index in [1.165, 1.54) is 0 Å². The Morgan fingerprint density at radius 1 is 1.15 bits per heavy atom. The second-order valence-electron chi connectivity index (χ2n) is 5.89. The maximum atomic E-state index is 12.4. The van der Waals surface area contributed by atoms with Crippen LogP contribution in [0, 0.1) is 0 Å². The molecule has 4 aromatic rings. The molecule has 0 unspecified atom stereocenters. The number of nitrogens with zero attached hydrogens (tertiary/aromatic N) is 2. The first-order valence-corrected chi connectivity index (χ1v) is 9.29.